The largest absolute Gasteiger partial charge is 0.285 e. The molecule has 0 spiro atoms. The van der Waals surface area contributed by atoms with Crippen molar-refractivity contribution in [1.29, 1.82) is 0 Å². The van der Waals surface area contributed by atoms with Gasteiger partial charge in [-0.3, -0.25) is 10.1 Å². The number of halogens is 3. The summed E-state index contributed by atoms with van der Waals surface area (Å²) >= 11 is 1.39. The summed E-state index contributed by atoms with van der Waals surface area (Å²) in [5.41, 5.74) is -0.422. The van der Waals surface area contributed by atoms with E-state index in [1.165, 1.54) is 22.6 Å². The van der Waals surface area contributed by atoms with Crippen molar-refractivity contribution >= 4 is 28.3 Å². The van der Waals surface area contributed by atoms with Gasteiger partial charge in [0.2, 0.25) is 0 Å². The monoisotopic (exact) mass is 285 g/mol. The fourth-order valence-corrected chi connectivity index (χ4v) is 1.29. The van der Waals surface area contributed by atoms with E-state index in [-0.39, 0.29) is 3.57 Å². The van der Waals surface area contributed by atoms with Crippen LogP contribution in [0, 0.1) is 25.3 Å². The van der Waals surface area contributed by atoms with Crippen molar-refractivity contribution in [3.8, 4) is 0 Å². The summed E-state index contributed by atoms with van der Waals surface area (Å²) in [6.45, 7) is 0. The smallest absolute Gasteiger partial charge is 0.258 e. The standard InChI is InChI=1S/C6H2F2INO2/c7-3-1-2-4(10(11)12)6(9)5(3)8/h1-2H. The lowest BCUT2D eigenvalue weighted by Gasteiger charge is -1.96. The Hall–Kier alpha value is -0.790. The van der Waals surface area contributed by atoms with Gasteiger partial charge in [-0.25, -0.2) is 8.78 Å². The molecule has 1 aromatic carbocycles. The van der Waals surface area contributed by atoms with Gasteiger partial charge < -0.3 is 0 Å². The van der Waals surface area contributed by atoms with Crippen LogP contribution in [0.2, 0.25) is 0 Å². The fourth-order valence-electron chi connectivity index (χ4n) is 0.657. The molecule has 0 aliphatic carbocycles. The van der Waals surface area contributed by atoms with Crippen LogP contribution >= 0.6 is 22.6 Å². The number of hydrogen-bond donors (Lipinski definition) is 0. The Kier molecular flexibility index (Phi) is 2.55. The fraction of sp³-hybridized carbons (Fsp3) is 0. The summed E-state index contributed by atoms with van der Waals surface area (Å²) < 4.78 is 24.8. The van der Waals surface area contributed by atoms with Crippen LogP contribution in [-0.4, -0.2) is 4.92 Å². The molecule has 0 aromatic heterocycles. The molecule has 0 saturated heterocycles. The Balaban J connectivity index is 3.36. The third-order valence-electron chi connectivity index (χ3n) is 1.21. The van der Waals surface area contributed by atoms with Crippen molar-refractivity contribution in [3.63, 3.8) is 0 Å². The van der Waals surface area contributed by atoms with Crippen LogP contribution in [0.25, 0.3) is 0 Å². The number of hydrogen-bond acceptors (Lipinski definition) is 2. The number of nitro groups is 1. The Bertz CT molecular complexity index is 343. The Morgan fingerprint density at radius 2 is 2.00 bits per heavy atom. The maximum atomic E-state index is 12.7. The molecule has 64 valence electrons. The second-order valence-electron chi connectivity index (χ2n) is 1.95. The molecular formula is C6H2F2INO2. The first kappa shape index (κ1) is 9.30. The lowest BCUT2D eigenvalue weighted by molar-refractivity contribution is -0.386. The zero-order valence-corrected chi connectivity index (χ0v) is 7.71. The van der Waals surface area contributed by atoms with Gasteiger partial charge in [-0.2, -0.15) is 0 Å². The highest BCUT2D eigenvalue weighted by molar-refractivity contribution is 14.1. The highest BCUT2D eigenvalue weighted by atomic mass is 127. The molecule has 0 atom stereocenters. The van der Waals surface area contributed by atoms with Gasteiger partial charge in [-0.1, -0.05) is 0 Å². The number of rotatable bonds is 1. The zero-order valence-electron chi connectivity index (χ0n) is 5.55. The molecule has 0 aliphatic heterocycles. The van der Waals surface area contributed by atoms with Gasteiger partial charge in [0.05, 0.1) is 4.92 Å². The predicted octanol–water partition coefficient (Wildman–Crippen LogP) is 2.48. The first-order chi connectivity index (χ1) is 5.54. The molecule has 3 nitrogen and oxygen atoms in total. The SMILES string of the molecule is O=[N+]([O-])c1ccc(F)c(F)c1I. The van der Waals surface area contributed by atoms with Crippen LogP contribution in [0.4, 0.5) is 14.5 Å². The van der Waals surface area contributed by atoms with Gasteiger partial charge in [0.1, 0.15) is 3.57 Å². The average molecular weight is 285 g/mol. The van der Waals surface area contributed by atoms with E-state index in [1.807, 2.05) is 0 Å². The van der Waals surface area contributed by atoms with E-state index in [0.717, 1.165) is 12.1 Å². The molecule has 1 aromatic rings. The predicted molar refractivity (Wildman–Crippen MR) is 45.7 cm³/mol. The topological polar surface area (TPSA) is 43.1 Å². The van der Waals surface area contributed by atoms with Crippen LogP contribution in [0.5, 0.6) is 0 Å². The van der Waals surface area contributed by atoms with Crippen molar-refractivity contribution < 1.29 is 13.7 Å². The molecule has 12 heavy (non-hydrogen) atoms. The molecule has 1 rings (SSSR count). The van der Waals surface area contributed by atoms with E-state index < -0.39 is 22.2 Å². The summed E-state index contributed by atoms with van der Waals surface area (Å²) in [6, 6.07) is 1.66. The quantitative estimate of drug-likeness (QED) is 0.344. The second-order valence-corrected chi connectivity index (χ2v) is 3.03. The minimum atomic E-state index is -1.18. The maximum absolute atomic E-state index is 12.7. The van der Waals surface area contributed by atoms with Gasteiger partial charge in [0.25, 0.3) is 5.69 Å². The molecule has 0 radical (unpaired) electrons. The van der Waals surface area contributed by atoms with E-state index >= 15 is 0 Å². The van der Waals surface area contributed by atoms with Crippen LogP contribution in [-0.2, 0) is 0 Å². The number of benzene rings is 1. The molecule has 0 heterocycles. The van der Waals surface area contributed by atoms with Crippen molar-refractivity contribution in [2.45, 2.75) is 0 Å². The summed E-state index contributed by atoms with van der Waals surface area (Å²) in [5.74, 6) is -2.25. The molecule has 0 N–H and O–H groups in total. The van der Waals surface area contributed by atoms with Crippen molar-refractivity contribution in [2.24, 2.45) is 0 Å². The highest BCUT2D eigenvalue weighted by Gasteiger charge is 2.18. The van der Waals surface area contributed by atoms with E-state index in [4.69, 9.17) is 0 Å². The average Bonchev–Trinajstić information content (AvgIpc) is 2.00. The minimum Gasteiger partial charge on any atom is -0.258 e. The van der Waals surface area contributed by atoms with E-state index in [2.05, 4.69) is 0 Å². The number of nitro benzene ring substituents is 1. The Morgan fingerprint density at radius 1 is 1.42 bits per heavy atom. The van der Waals surface area contributed by atoms with Gasteiger partial charge in [-0.05, 0) is 28.7 Å². The molecule has 6 heteroatoms. The molecule has 0 amide bonds. The molecule has 0 unspecified atom stereocenters. The highest BCUT2D eigenvalue weighted by Crippen LogP contribution is 2.24. The van der Waals surface area contributed by atoms with Crippen molar-refractivity contribution in [1.82, 2.24) is 0 Å². The third kappa shape index (κ3) is 1.52. The Labute approximate surface area is 79.7 Å². The van der Waals surface area contributed by atoms with Crippen LogP contribution in [0.3, 0.4) is 0 Å². The van der Waals surface area contributed by atoms with Gasteiger partial charge in [0, 0.05) is 6.07 Å². The second kappa shape index (κ2) is 3.30. The molecule has 0 bridgehead atoms. The molecule has 0 fully saturated rings. The first-order valence-corrected chi connectivity index (χ1v) is 3.90. The maximum Gasteiger partial charge on any atom is 0.285 e. The van der Waals surface area contributed by atoms with Crippen LogP contribution in [0.1, 0.15) is 0 Å². The normalized spacial score (nSPS) is 9.92. The first-order valence-electron chi connectivity index (χ1n) is 2.82. The molecule has 0 aliphatic rings. The van der Waals surface area contributed by atoms with E-state index in [0.29, 0.717) is 0 Å². The molecular weight excluding hydrogens is 283 g/mol. The third-order valence-corrected chi connectivity index (χ3v) is 2.24. The summed E-state index contributed by atoms with van der Waals surface area (Å²) in [4.78, 5) is 9.44. The van der Waals surface area contributed by atoms with Crippen LogP contribution < -0.4 is 0 Å². The van der Waals surface area contributed by atoms with E-state index in [9.17, 15) is 18.9 Å². The summed E-state index contributed by atoms with van der Waals surface area (Å²) in [6.07, 6.45) is 0. The zero-order chi connectivity index (χ0) is 9.30. The van der Waals surface area contributed by atoms with Crippen LogP contribution in [0.15, 0.2) is 12.1 Å². The van der Waals surface area contributed by atoms with Gasteiger partial charge in [-0.15, -0.1) is 0 Å². The molecule has 0 saturated carbocycles. The van der Waals surface area contributed by atoms with E-state index in [1.54, 1.807) is 0 Å². The number of nitrogens with zero attached hydrogens (tertiary/aromatic N) is 1. The van der Waals surface area contributed by atoms with Gasteiger partial charge in [0.15, 0.2) is 11.6 Å². The Morgan fingerprint density at radius 3 is 2.50 bits per heavy atom. The van der Waals surface area contributed by atoms with Crippen molar-refractivity contribution in [2.75, 3.05) is 0 Å². The van der Waals surface area contributed by atoms with Crippen molar-refractivity contribution in [3.05, 3.63) is 37.5 Å². The van der Waals surface area contributed by atoms with Gasteiger partial charge >= 0.3 is 0 Å². The summed E-state index contributed by atoms with van der Waals surface area (Å²) in [7, 11) is 0. The minimum absolute atomic E-state index is 0.308. The summed E-state index contributed by atoms with van der Waals surface area (Å²) in [5, 5.41) is 10.2. The lowest BCUT2D eigenvalue weighted by Crippen LogP contribution is -1.96. The lowest BCUT2D eigenvalue weighted by atomic mass is 10.3.